The molecular weight excluding hydrogens is 160 g/mol. The monoisotopic (exact) mass is 172 g/mol. The van der Waals surface area contributed by atoms with E-state index >= 15 is 0 Å². The molecule has 0 atom stereocenters. The lowest BCUT2D eigenvalue weighted by atomic mass is 9.91. The summed E-state index contributed by atoms with van der Waals surface area (Å²) in [6.45, 7) is 1.11. The first-order valence-electron chi connectivity index (χ1n) is 4.84. The van der Waals surface area contributed by atoms with Crippen molar-refractivity contribution in [3.05, 3.63) is 35.2 Å². The second-order valence-corrected chi connectivity index (χ2v) is 3.69. The fourth-order valence-electron chi connectivity index (χ4n) is 2.28. The van der Waals surface area contributed by atoms with E-state index in [1.165, 1.54) is 36.1 Å². The molecule has 1 aromatic rings. The third-order valence-electron chi connectivity index (χ3n) is 2.96. The first kappa shape index (κ1) is 7.13. The Balaban J connectivity index is 2.18. The van der Waals surface area contributed by atoms with Crippen LogP contribution in [-0.2, 0) is 6.42 Å². The zero-order valence-corrected chi connectivity index (χ0v) is 7.51. The van der Waals surface area contributed by atoms with Crippen molar-refractivity contribution in [2.75, 3.05) is 6.54 Å². The number of aromatic nitrogens is 1. The quantitative estimate of drug-likeness (QED) is 0.644. The Labute approximate surface area is 77.7 Å². The Hall–Kier alpha value is -1.31. The van der Waals surface area contributed by atoms with E-state index < -0.39 is 0 Å². The zero-order valence-electron chi connectivity index (χ0n) is 7.51. The summed E-state index contributed by atoms with van der Waals surface area (Å²) in [5, 5.41) is 3.45. The number of fused-ring (bicyclic) bond motifs is 2. The molecular formula is C11H12N2. The maximum absolute atomic E-state index is 4.18. The van der Waals surface area contributed by atoms with Gasteiger partial charge in [-0.15, -0.1) is 0 Å². The number of rotatable bonds is 0. The molecule has 13 heavy (non-hydrogen) atoms. The first-order valence-corrected chi connectivity index (χ1v) is 4.84. The Morgan fingerprint density at radius 2 is 2.23 bits per heavy atom. The molecule has 1 aliphatic heterocycles. The van der Waals surface area contributed by atoms with Gasteiger partial charge >= 0.3 is 0 Å². The maximum atomic E-state index is 4.18. The third kappa shape index (κ3) is 0.981. The minimum atomic E-state index is 1.11. The van der Waals surface area contributed by atoms with Gasteiger partial charge in [-0.1, -0.05) is 0 Å². The van der Waals surface area contributed by atoms with E-state index in [9.17, 15) is 0 Å². The van der Waals surface area contributed by atoms with Crippen LogP contribution in [0, 0.1) is 0 Å². The summed E-state index contributed by atoms with van der Waals surface area (Å²) >= 11 is 0. The summed E-state index contributed by atoms with van der Waals surface area (Å²) in [4.78, 5) is 4.18. The van der Waals surface area contributed by atoms with Crippen molar-refractivity contribution >= 4 is 5.70 Å². The Kier molecular flexibility index (Phi) is 1.42. The van der Waals surface area contributed by atoms with Crippen molar-refractivity contribution in [2.45, 2.75) is 19.3 Å². The Bertz CT molecular complexity index is 379. The van der Waals surface area contributed by atoms with Crippen LogP contribution in [0.1, 0.15) is 24.0 Å². The highest BCUT2D eigenvalue weighted by Gasteiger charge is 2.21. The molecule has 1 aromatic heterocycles. The average Bonchev–Trinajstić information content (AvgIpc) is 2.65. The molecule has 2 nitrogen and oxygen atoms in total. The van der Waals surface area contributed by atoms with E-state index in [1.54, 1.807) is 5.57 Å². The van der Waals surface area contributed by atoms with Crippen LogP contribution in [0.25, 0.3) is 5.70 Å². The van der Waals surface area contributed by atoms with Crippen molar-refractivity contribution in [1.82, 2.24) is 10.3 Å². The summed E-state index contributed by atoms with van der Waals surface area (Å²) < 4.78 is 0. The lowest BCUT2D eigenvalue weighted by molar-refractivity contribution is 0.863. The van der Waals surface area contributed by atoms with Crippen molar-refractivity contribution < 1.29 is 0 Å². The number of aryl methyl sites for hydroxylation is 1. The van der Waals surface area contributed by atoms with Gasteiger partial charge in [-0.25, -0.2) is 0 Å². The maximum Gasteiger partial charge on any atom is 0.0425 e. The topological polar surface area (TPSA) is 24.9 Å². The molecule has 2 heterocycles. The van der Waals surface area contributed by atoms with Gasteiger partial charge in [0.2, 0.25) is 0 Å². The Morgan fingerprint density at radius 1 is 1.23 bits per heavy atom. The van der Waals surface area contributed by atoms with Crippen molar-refractivity contribution in [1.29, 1.82) is 0 Å². The van der Waals surface area contributed by atoms with Gasteiger partial charge in [0.05, 0.1) is 0 Å². The molecule has 2 aliphatic rings. The van der Waals surface area contributed by atoms with E-state index in [1.807, 2.05) is 12.4 Å². The van der Waals surface area contributed by atoms with Crippen LogP contribution in [0.3, 0.4) is 0 Å². The molecule has 0 aromatic carbocycles. The molecule has 1 aliphatic carbocycles. The Morgan fingerprint density at radius 3 is 3.23 bits per heavy atom. The van der Waals surface area contributed by atoms with Gasteiger partial charge in [-0.05, 0) is 36.5 Å². The van der Waals surface area contributed by atoms with E-state index in [-0.39, 0.29) is 0 Å². The largest absolute Gasteiger partial charge is 0.384 e. The van der Waals surface area contributed by atoms with Crippen LogP contribution < -0.4 is 5.32 Å². The fourth-order valence-corrected chi connectivity index (χ4v) is 2.28. The van der Waals surface area contributed by atoms with Crippen LogP contribution in [0.15, 0.2) is 24.0 Å². The van der Waals surface area contributed by atoms with Crippen LogP contribution in [-0.4, -0.2) is 11.5 Å². The van der Waals surface area contributed by atoms with E-state index in [0.29, 0.717) is 0 Å². The highest BCUT2D eigenvalue weighted by Crippen LogP contribution is 2.33. The smallest absolute Gasteiger partial charge is 0.0425 e. The van der Waals surface area contributed by atoms with Crippen molar-refractivity contribution in [3.8, 4) is 0 Å². The minimum Gasteiger partial charge on any atom is -0.384 e. The number of nitrogens with one attached hydrogen (secondary N) is 1. The molecule has 2 heteroatoms. The molecule has 0 saturated carbocycles. The van der Waals surface area contributed by atoms with Gasteiger partial charge in [0.1, 0.15) is 0 Å². The van der Waals surface area contributed by atoms with Gasteiger partial charge in [0.25, 0.3) is 0 Å². The third-order valence-corrected chi connectivity index (χ3v) is 2.96. The van der Waals surface area contributed by atoms with Gasteiger partial charge in [-0.2, -0.15) is 0 Å². The van der Waals surface area contributed by atoms with E-state index in [4.69, 9.17) is 0 Å². The van der Waals surface area contributed by atoms with Gasteiger partial charge < -0.3 is 5.32 Å². The van der Waals surface area contributed by atoms with Gasteiger partial charge in [0, 0.05) is 30.2 Å². The lowest BCUT2D eigenvalue weighted by Gasteiger charge is -2.17. The van der Waals surface area contributed by atoms with Crippen molar-refractivity contribution in [3.63, 3.8) is 0 Å². The minimum absolute atomic E-state index is 1.11. The summed E-state index contributed by atoms with van der Waals surface area (Å²) in [7, 11) is 0. The number of hydrogen-bond acceptors (Lipinski definition) is 2. The van der Waals surface area contributed by atoms with Crippen LogP contribution in [0.2, 0.25) is 0 Å². The molecule has 0 bridgehead atoms. The normalized spacial score (nSPS) is 19.4. The predicted octanol–water partition coefficient (Wildman–Crippen LogP) is 1.73. The van der Waals surface area contributed by atoms with Crippen LogP contribution in [0.4, 0.5) is 0 Å². The number of pyridine rings is 1. The van der Waals surface area contributed by atoms with Gasteiger partial charge in [-0.3, -0.25) is 4.98 Å². The molecule has 0 saturated heterocycles. The molecule has 0 unspecified atom stereocenters. The van der Waals surface area contributed by atoms with Crippen molar-refractivity contribution in [2.24, 2.45) is 0 Å². The predicted molar refractivity (Wildman–Crippen MR) is 52.1 cm³/mol. The molecule has 3 rings (SSSR count). The molecule has 0 spiro atoms. The first-order chi connectivity index (χ1) is 6.45. The van der Waals surface area contributed by atoms with Crippen LogP contribution in [0.5, 0.6) is 0 Å². The highest BCUT2D eigenvalue weighted by atomic mass is 14.9. The number of hydrogen-bond donors (Lipinski definition) is 1. The SMILES string of the molecule is c1cc2c(cn1)C1=C(CCN1)CC2. The molecule has 0 amide bonds. The van der Waals surface area contributed by atoms with E-state index in [0.717, 1.165) is 6.54 Å². The lowest BCUT2D eigenvalue weighted by Crippen LogP contribution is -2.10. The van der Waals surface area contributed by atoms with E-state index in [2.05, 4.69) is 16.4 Å². The molecule has 1 N–H and O–H groups in total. The summed E-state index contributed by atoms with van der Waals surface area (Å²) in [5.41, 5.74) is 5.75. The number of nitrogens with zero attached hydrogens (tertiary/aromatic N) is 1. The summed E-state index contributed by atoms with van der Waals surface area (Å²) in [6.07, 6.45) is 7.53. The van der Waals surface area contributed by atoms with Crippen LogP contribution >= 0.6 is 0 Å². The standard InChI is InChI=1S/C11H12N2/c1-2-9-4-6-13-11(9)10-7-12-5-3-8(1)10/h3,5,7,13H,1-2,4,6H2. The second-order valence-electron chi connectivity index (χ2n) is 3.69. The second kappa shape index (κ2) is 2.59. The highest BCUT2D eigenvalue weighted by molar-refractivity contribution is 5.72. The summed E-state index contributed by atoms with van der Waals surface area (Å²) in [5.74, 6) is 0. The van der Waals surface area contributed by atoms with Gasteiger partial charge in [0.15, 0.2) is 0 Å². The fraction of sp³-hybridized carbons (Fsp3) is 0.364. The summed E-state index contributed by atoms with van der Waals surface area (Å²) in [6, 6.07) is 2.14. The molecule has 66 valence electrons. The zero-order chi connectivity index (χ0) is 8.67. The molecule has 0 radical (unpaired) electrons. The molecule has 0 fully saturated rings. The average molecular weight is 172 g/mol.